The Labute approximate surface area is 82.1 Å². The number of rotatable bonds is 3. The van der Waals surface area contributed by atoms with Crippen molar-refractivity contribution in [1.29, 1.82) is 0 Å². The lowest BCUT2D eigenvalue weighted by Gasteiger charge is -1.99. The summed E-state index contributed by atoms with van der Waals surface area (Å²) in [4.78, 5) is 4.16. The average Bonchev–Trinajstić information content (AvgIpc) is 2.86. The van der Waals surface area contributed by atoms with Crippen LogP contribution in [0.3, 0.4) is 0 Å². The van der Waals surface area contributed by atoms with Gasteiger partial charge < -0.3 is 14.4 Å². The van der Waals surface area contributed by atoms with Crippen molar-refractivity contribution in [2.45, 2.75) is 31.8 Å². The van der Waals surface area contributed by atoms with Gasteiger partial charge >= 0.3 is 0 Å². The minimum atomic E-state index is -0.616. The topological polar surface area (TPSA) is 68.4 Å². The van der Waals surface area contributed by atoms with Gasteiger partial charge in [0, 0.05) is 6.61 Å². The van der Waals surface area contributed by atoms with Gasteiger partial charge in [0.25, 0.3) is 0 Å². The molecule has 2 heterocycles. The zero-order chi connectivity index (χ0) is 9.97. The van der Waals surface area contributed by atoms with Crippen LogP contribution < -0.4 is 0 Å². The molecule has 5 heteroatoms. The normalized spacial score (nSPS) is 24.0. The molecule has 2 unspecified atom stereocenters. The highest BCUT2D eigenvalue weighted by atomic mass is 16.5. The Morgan fingerprint density at radius 1 is 1.64 bits per heavy atom. The number of aromatic nitrogens is 2. The third kappa shape index (κ3) is 1.78. The molecule has 1 aliphatic heterocycles. The molecule has 2 atom stereocenters. The summed E-state index contributed by atoms with van der Waals surface area (Å²) in [5, 5.41) is 13.2. The summed E-state index contributed by atoms with van der Waals surface area (Å²) in [6, 6.07) is 0. The van der Waals surface area contributed by atoms with Crippen LogP contribution in [0.25, 0.3) is 0 Å². The summed E-state index contributed by atoms with van der Waals surface area (Å²) in [5.41, 5.74) is 0. The quantitative estimate of drug-likeness (QED) is 0.785. The van der Waals surface area contributed by atoms with Gasteiger partial charge in [0.1, 0.15) is 6.10 Å². The van der Waals surface area contributed by atoms with E-state index in [4.69, 9.17) is 9.26 Å². The molecule has 1 aromatic heterocycles. The minimum absolute atomic E-state index is 0.209. The van der Waals surface area contributed by atoms with Gasteiger partial charge in [-0.15, -0.1) is 0 Å². The minimum Gasteiger partial charge on any atom is -0.385 e. The van der Waals surface area contributed by atoms with E-state index in [1.165, 1.54) is 0 Å². The molecule has 0 amide bonds. The molecule has 0 saturated carbocycles. The van der Waals surface area contributed by atoms with E-state index in [0.29, 0.717) is 24.7 Å². The number of hydrogen-bond donors (Lipinski definition) is 1. The first-order valence-corrected chi connectivity index (χ1v) is 4.90. The molecule has 1 N–H and O–H groups in total. The highest BCUT2D eigenvalue weighted by molar-refractivity contribution is 4.97. The molecule has 0 bridgehead atoms. The second-order valence-electron chi connectivity index (χ2n) is 3.48. The number of aliphatic hydroxyl groups excluding tert-OH is 1. The molecular formula is C9H14N2O3. The number of aliphatic hydroxyl groups is 1. The lowest BCUT2D eigenvalue weighted by molar-refractivity contribution is 0.159. The Morgan fingerprint density at radius 2 is 2.50 bits per heavy atom. The smallest absolute Gasteiger partial charge is 0.232 e. The zero-order valence-electron chi connectivity index (χ0n) is 8.14. The Morgan fingerprint density at radius 3 is 3.14 bits per heavy atom. The van der Waals surface area contributed by atoms with E-state index in [1.54, 1.807) is 0 Å². The van der Waals surface area contributed by atoms with Gasteiger partial charge in [0.2, 0.25) is 5.89 Å². The van der Waals surface area contributed by atoms with Crippen LogP contribution in [0.15, 0.2) is 4.52 Å². The van der Waals surface area contributed by atoms with E-state index in [1.807, 2.05) is 6.92 Å². The zero-order valence-corrected chi connectivity index (χ0v) is 8.14. The summed E-state index contributed by atoms with van der Waals surface area (Å²) in [5.74, 6) is 1.18. The molecule has 0 aromatic carbocycles. The molecule has 2 rings (SSSR count). The SMILES string of the molecule is CCC(O)c1noc(C2CCOC2)n1. The molecule has 1 fully saturated rings. The van der Waals surface area contributed by atoms with E-state index in [-0.39, 0.29) is 5.92 Å². The van der Waals surface area contributed by atoms with Crippen LogP contribution in [0.1, 0.15) is 43.5 Å². The van der Waals surface area contributed by atoms with Crippen molar-refractivity contribution in [3.63, 3.8) is 0 Å². The third-order valence-corrected chi connectivity index (χ3v) is 2.42. The standard InChI is InChI=1S/C9H14N2O3/c1-2-7(12)8-10-9(14-11-8)6-3-4-13-5-6/h6-7,12H,2-5H2,1H3. The van der Waals surface area contributed by atoms with Crippen LogP contribution in [-0.4, -0.2) is 28.5 Å². The van der Waals surface area contributed by atoms with E-state index in [2.05, 4.69) is 10.1 Å². The Bertz CT molecular complexity index is 294. The summed E-state index contributed by atoms with van der Waals surface area (Å²) in [7, 11) is 0. The molecule has 14 heavy (non-hydrogen) atoms. The highest BCUT2D eigenvalue weighted by Gasteiger charge is 2.24. The first kappa shape index (κ1) is 9.61. The van der Waals surface area contributed by atoms with Crippen molar-refractivity contribution in [3.05, 3.63) is 11.7 Å². The summed E-state index contributed by atoms with van der Waals surface area (Å²) < 4.78 is 10.3. The molecular weight excluding hydrogens is 184 g/mol. The second kappa shape index (κ2) is 4.06. The predicted molar refractivity (Wildman–Crippen MR) is 47.7 cm³/mol. The number of hydrogen-bond acceptors (Lipinski definition) is 5. The summed E-state index contributed by atoms with van der Waals surface area (Å²) >= 11 is 0. The van der Waals surface area contributed by atoms with Crippen molar-refractivity contribution in [1.82, 2.24) is 10.1 Å². The van der Waals surface area contributed by atoms with E-state index in [0.717, 1.165) is 13.0 Å². The first-order valence-electron chi connectivity index (χ1n) is 4.90. The first-order chi connectivity index (χ1) is 6.81. The van der Waals surface area contributed by atoms with Crippen LogP contribution in [0.5, 0.6) is 0 Å². The predicted octanol–water partition coefficient (Wildman–Crippen LogP) is 1.02. The Balaban J connectivity index is 2.08. The van der Waals surface area contributed by atoms with Crippen molar-refractivity contribution < 1.29 is 14.4 Å². The Hall–Kier alpha value is -0.940. The molecule has 1 aromatic rings. The molecule has 0 spiro atoms. The number of ether oxygens (including phenoxy) is 1. The third-order valence-electron chi connectivity index (χ3n) is 2.42. The maximum absolute atomic E-state index is 9.47. The van der Waals surface area contributed by atoms with Crippen LogP contribution >= 0.6 is 0 Å². The van der Waals surface area contributed by atoms with Crippen molar-refractivity contribution >= 4 is 0 Å². The van der Waals surface area contributed by atoms with Gasteiger partial charge in [-0.25, -0.2) is 0 Å². The van der Waals surface area contributed by atoms with Crippen LogP contribution in [0, 0.1) is 0 Å². The van der Waals surface area contributed by atoms with Crippen LogP contribution in [0.4, 0.5) is 0 Å². The van der Waals surface area contributed by atoms with Gasteiger partial charge in [-0.3, -0.25) is 0 Å². The Kier molecular flexibility index (Phi) is 2.79. The lowest BCUT2D eigenvalue weighted by Crippen LogP contribution is -2.00. The van der Waals surface area contributed by atoms with Gasteiger partial charge in [0.15, 0.2) is 5.82 Å². The maximum atomic E-state index is 9.47. The van der Waals surface area contributed by atoms with Crippen molar-refractivity contribution in [3.8, 4) is 0 Å². The van der Waals surface area contributed by atoms with Gasteiger partial charge in [-0.05, 0) is 12.8 Å². The summed E-state index contributed by atoms with van der Waals surface area (Å²) in [6.07, 6.45) is 0.902. The second-order valence-corrected chi connectivity index (χ2v) is 3.48. The molecule has 1 aliphatic rings. The van der Waals surface area contributed by atoms with Gasteiger partial charge in [-0.2, -0.15) is 4.98 Å². The fourth-order valence-corrected chi connectivity index (χ4v) is 1.46. The molecule has 0 aliphatic carbocycles. The van der Waals surface area contributed by atoms with Gasteiger partial charge in [0.05, 0.1) is 12.5 Å². The largest absolute Gasteiger partial charge is 0.385 e. The van der Waals surface area contributed by atoms with E-state index in [9.17, 15) is 5.11 Å². The van der Waals surface area contributed by atoms with E-state index < -0.39 is 6.10 Å². The molecule has 1 saturated heterocycles. The van der Waals surface area contributed by atoms with E-state index >= 15 is 0 Å². The molecule has 0 radical (unpaired) electrons. The fraction of sp³-hybridized carbons (Fsp3) is 0.778. The fourth-order valence-electron chi connectivity index (χ4n) is 1.46. The monoisotopic (exact) mass is 198 g/mol. The lowest BCUT2D eigenvalue weighted by atomic mass is 10.1. The number of nitrogens with zero attached hydrogens (tertiary/aromatic N) is 2. The van der Waals surface area contributed by atoms with Crippen LogP contribution in [0.2, 0.25) is 0 Å². The van der Waals surface area contributed by atoms with Crippen molar-refractivity contribution in [2.24, 2.45) is 0 Å². The van der Waals surface area contributed by atoms with Gasteiger partial charge in [-0.1, -0.05) is 12.1 Å². The molecule has 78 valence electrons. The van der Waals surface area contributed by atoms with Crippen LogP contribution in [-0.2, 0) is 4.74 Å². The molecule has 5 nitrogen and oxygen atoms in total. The summed E-state index contributed by atoms with van der Waals surface area (Å²) in [6.45, 7) is 3.27. The average molecular weight is 198 g/mol. The van der Waals surface area contributed by atoms with Crippen molar-refractivity contribution in [2.75, 3.05) is 13.2 Å². The maximum Gasteiger partial charge on any atom is 0.232 e. The highest BCUT2D eigenvalue weighted by Crippen LogP contribution is 2.24.